The van der Waals surface area contributed by atoms with Crippen LogP contribution in [0.3, 0.4) is 0 Å². The van der Waals surface area contributed by atoms with E-state index in [2.05, 4.69) is 11.1 Å². The number of hydrogen-bond donors (Lipinski definition) is 0. The van der Waals surface area contributed by atoms with Crippen molar-refractivity contribution in [1.82, 2.24) is 4.98 Å². The summed E-state index contributed by atoms with van der Waals surface area (Å²) in [5.74, 6) is 0.822. The lowest BCUT2D eigenvalue weighted by atomic mass is 10.1. The van der Waals surface area contributed by atoms with E-state index in [1.54, 1.807) is 13.3 Å². The summed E-state index contributed by atoms with van der Waals surface area (Å²) in [5.41, 5.74) is 2.08. The first-order valence-corrected chi connectivity index (χ1v) is 7.43. The van der Waals surface area contributed by atoms with Crippen molar-refractivity contribution < 1.29 is 14.3 Å². The number of aromatic nitrogens is 1. The monoisotopic (exact) mass is 300 g/mol. The van der Waals surface area contributed by atoms with Crippen LogP contribution in [-0.2, 0) is 9.57 Å². The van der Waals surface area contributed by atoms with Gasteiger partial charge in [0.2, 0.25) is 0 Å². The minimum absolute atomic E-state index is 0.0821. The summed E-state index contributed by atoms with van der Waals surface area (Å²) in [7, 11) is 1.66. The average Bonchev–Trinajstić information content (AvgIpc) is 3.00. The Morgan fingerprint density at radius 1 is 1.27 bits per heavy atom. The molecular formula is C17H20N2O3. The number of anilines is 1. The van der Waals surface area contributed by atoms with Gasteiger partial charge < -0.3 is 9.47 Å². The Hall–Kier alpha value is -2.11. The van der Waals surface area contributed by atoms with E-state index in [1.165, 1.54) is 0 Å². The van der Waals surface area contributed by atoms with Crippen LogP contribution in [0, 0.1) is 0 Å². The van der Waals surface area contributed by atoms with Crippen molar-refractivity contribution in [2.24, 2.45) is 0 Å². The SMILES string of the molecule is CCOC1CC(c2cccnc2)N(c2ccc(OC)cc2)O1. The second-order valence-corrected chi connectivity index (χ2v) is 5.05. The van der Waals surface area contributed by atoms with E-state index in [-0.39, 0.29) is 12.3 Å². The lowest BCUT2D eigenvalue weighted by Crippen LogP contribution is -2.22. The first-order valence-electron chi connectivity index (χ1n) is 7.43. The number of ether oxygens (including phenoxy) is 2. The van der Waals surface area contributed by atoms with Gasteiger partial charge in [0.15, 0.2) is 6.29 Å². The highest BCUT2D eigenvalue weighted by Gasteiger charge is 2.35. The molecule has 1 saturated heterocycles. The van der Waals surface area contributed by atoms with Gasteiger partial charge >= 0.3 is 0 Å². The van der Waals surface area contributed by atoms with Crippen molar-refractivity contribution in [3.05, 3.63) is 54.4 Å². The van der Waals surface area contributed by atoms with Gasteiger partial charge in [-0.15, -0.1) is 0 Å². The van der Waals surface area contributed by atoms with Crippen molar-refractivity contribution in [2.75, 3.05) is 18.8 Å². The van der Waals surface area contributed by atoms with E-state index < -0.39 is 0 Å². The van der Waals surface area contributed by atoms with Crippen LogP contribution in [0.2, 0.25) is 0 Å². The van der Waals surface area contributed by atoms with E-state index in [4.69, 9.17) is 14.3 Å². The summed E-state index contributed by atoms with van der Waals surface area (Å²) in [6, 6.07) is 11.9. The summed E-state index contributed by atoms with van der Waals surface area (Å²) in [5, 5.41) is 1.90. The van der Waals surface area contributed by atoms with E-state index in [9.17, 15) is 0 Å². The van der Waals surface area contributed by atoms with E-state index in [0.29, 0.717) is 6.61 Å². The van der Waals surface area contributed by atoms with Crippen molar-refractivity contribution in [3.8, 4) is 5.75 Å². The molecule has 0 amide bonds. The van der Waals surface area contributed by atoms with Gasteiger partial charge in [0.1, 0.15) is 5.75 Å². The molecule has 2 unspecified atom stereocenters. The standard InChI is InChI=1S/C17H20N2O3/c1-3-21-17-11-16(13-5-4-10-18-12-13)19(22-17)14-6-8-15(20-2)9-7-14/h4-10,12,16-17H,3,11H2,1-2H3. The summed E-state index contributed by atoms with van der Waals surface area (Å²) in [6.07, 6.45) is 4.18. The number of nitrogens with zero attached hydrogens (tertiary/aromatic N) is 2. The maximum absolute atomic E-state index is 5.97. The minimum Gasteiger partial charge on any atom is -0.497 e. The quantitative estimate of drug-likeness (QED) is 0.847. The number of rotatable bonds is 5. The first-order chi connectivity index (χ1) is 10.8. The first kappa shape index (κ1) is 14.8. The lowest BCUT2D eigenvalue weighted by Gasteiger charge is -2.24. The molecule has 1 fully saturated rings. The van der Waals surface area contributed by atoms with Crippen LogP contribution in [0.5, 0.6) is 5.75 Å². The average molecular weight is 300 g/mol. The Bertz CT molecular complexity index is 589. The molecule has 0 spiro atoms. The zero-order chi connectivity index (χ0) is 15.4. The number of hydroxylamine groups is 1. The molecule has 1 aromatic heterocycles. The maximum atomic E-state index is 5.97. The van der Waals surface area contributed by atoms with E-state index >= 15 is 0 Å². The van der Waals surface area contributed by atoms with Gasteiger partial charge in [0.25, 0.3) is 0 Å². The highest BCUT2D eigenvalue weighted by atomic mass is 16.8. The fourth-order valence-corrected chi connectivity index (χ4v) is 2.62. The molecule has 0 aliphatic carbocycles. The molecule has 2 aromatic rings. The summed E-state index contributed by atoms with van der Waals surface area (Å²) >= 11 is 0. The van der Waals surface area contributed by atoms with Crippen LogP contribution in [0.1, 0.15) is 24.9 Å². The highest BCUT2D eigenvalue weighted by Crippen LogP contribution is 2.38. The summed E-state index contributed by atoms with van der Waals surface area (Å²) < 4.78 is 10.9. The van der Waals surface area contributed by atoms with E-state index in [0.717, 1.165) is 23.4 Å². The summed E-state index contributed by atoms with van der Waals surface area (Å²) in [4.78, 5) is 10.2. The Balaban J connectivity index is 1.87. The van der Waals surface area contributed by atoms with Gasteiger partial charge in [-0.2, -0.15) is 0 Å². The lowest BCUT2D eigenvalue weighted by molar-refractivity contribution is -0.115. The number of benzene rings is 1. The van der Waals surface area contributed by atoms with Gasteiger partial charge in [-0.1, -0.05) is 6.07 Å². The Morgan fingerprint density at radius 3 is 2.73 bits per heavy atom. The molecule has 0 N–H and O–H groups in total. The predicted molar refractivity (Wildman–Crippen MR) is 83.6 cm³/mol. The van der Waals surface area contributed by atoms with Crippen LogP contribution in [0.4, 0.5) is 5.69 Å². The normalized spacial score (nSPS) is 21.1. The number of pyridine rings is 1. The van der Waals surface area contributed by atoms with Gasteiger partial charge in [0, 0.05) is 25.4 Å². The molecule has 0 radical (unpaired) electrons. The number of methoxy groups -OCH3 is 1. The third-order valence-corrected chi connectivity index (χ3v) is 3.68. The summed E-state index contributed by atoms with van der Waals surface area (Å²) in [6.45, 7) is 2.60. The molecule has 5 nitrogen and oxygen atoms in total. The molecule has 0 bridgehead atoms. The second kappa shape index (κ2) is 6.77. The third kappa shape index (κ3) is 3.05. The van der Waals surface area contributed by atoms with Crippen LogP contribution in [0.15, 0.2) is 48.8 Å². The molecule has 1 aliphatic heterocycles. The minimum atomic E-state index is -0.239. The van der Waals surface area contributed by atoms with E-state index in [1.807, 2.05) is 48.5 Å². The molecule has 22 heavy (non-hydrogen) atoms. The smallest absolute Gasteiger partial charge is 0.186 e. The van der Waals surface area contributed by atoms with Crippen molar-refractivity contribution in [2.45, 2.75) is 25.7 Å². The van der Waals surface area contributed by atoms with Crippen LogP contribution in [0.25, 0.3) is 0 Å². The fraction of sp³-hybridized carbons (Fsp3) is 0.353. The molecule has 3 rings (SSSR count). The van der Waals surface area contributed by atoms with Gasteiger partial charge in [-0.25, -0.2) is 9.90 Å². The van der Waals surface area contributed by atoms with Gasteiger partial charge in [-0.3, -0.25) is 4.98 Å². The van der Waals surface area contributed by atoms with Gasteiger partial charge in [0.05, 0.1) is 18.8 Å². The fourth-order valence-electron chi connectivity index (χ4n) is 2.62. The van der Waals surface area contributed by atoms with Crippen LogP contribution in [-0.4, -0.2) is 25.0 Å². The maximum Gasteiger partial charge on any atom is 0.186 e. The topological polar surface area (TPSA) is 43.8 Å². The zero-order valence-corrected chi connectivity index (χ0v) is 12.8. The Labute approximate surface area is 130 Å². The third-order valence-electron chi connectivity index (χ3n) is 3.68. The predicted octanol–water partition coefficient (Wildman–Crippen LogP) is 3.34. The van der Waals surface area contributed by atoms with Crippen LogP contribution >= 0.6 is 0 Å². The highest BCUT2D eigenvalue weighted by molar-refractivity contribution is 5.49. The Morgan fingerprint density at radius 2 is 2.09 bits per heavy atom. The second-order valence-electron chi connectivity index (χ2n) is 5.05. The Kier molecular flexibility index (Phi) is 4.56. The van der Waals surface area contributed by atoms with Crippen LogP contribution < -0.4 is 9.80 Å². The molecule has 5 heteroatoms. The molecular weight excluding hydrogens is 280 g/mol. The van der Waals surface area contributed by atoms with Gasteiger partial charge in [-0.05, 0) is 42.8 Å². The molecule has 1 aromatic carbocycles. The van der Waals surface area contributed by atoms with Crippen molar-refractivity contribution in [1.29, 1.82) is 0 Å². The molecule has 1 aliphatic rings. The molecule has 2 heterocycles. The van der Waals surface area contributed by atoms with Crippen molar-refractivity contribution >= 4 is 5.69 Å². The number of hydrogen-bond acceptors (Lipinski definition) is 5. The largest absolute Gasteiger partial charge is 0.497 e. The zero-order valence-electron chi connectivity index (χ0n) is 12.8. The molecule has 0 saturated carbocycles. The molecule has 2 atom stereocenters. The molecule has 116 valence electrons. The van der Waals surface area contributed by atoms with Crippen molar-refractivity contribution in [3.63, 3.8) is 0 Å².